The molecular weight excluding hydrogens is 220 g/mol. The summed E-state index contributed by atoms with van der Waals surface area (Å²) in [5.74, 6) is 0. The molecule has 0 atom stereocenters. The molecule has 1 heterocycles. The number of nitrogens with one attached hydrogen (secondary N) is 2. The topological polar surface area (TPSA) is 48.6 Å². The lowest BCUT2D eigenvalue weighted by Crippen LogP contribution is -1.97. The van der Waals surface area contributed by atoms with E-state index in [-0.39, 0.29) is 5.56 Å². The van der Waals surface area contributed by atoms with Gasteiger partial charge in [0.15, 0.2) is 0 Å². The minimum absolute atomic E-state index is 0.0746. The third-order valence-corrected chi connectivity index (χ3v) is 2.30. The summed E-state index contributed by atoms with van der Waals surface area (Å²) in [7, 11) is 0. The maximum Gasteiger partial charge on any atom is 0.271 e. The summed E-state index contributed by atoms with van der Waals surface area (Å²) in [6.45, 7) is 1.96. The number of fused-ring (bicyclic) bond motifs is 1. The first-order valence-corrected chi connectivity index (χ1v) is 4.34. The Labute approximate surface area is 76.9 Å². The molecule has 4 heteroatoms. The summed E-state index contributed by atoms with van der Waals surface area (Å²) in [4.78, 5) is 11.2. The lowest BCUT2D eigenvalue weighted by molar-refractivity contribution is 1.08. The number of rotatable bonds is 0. The van der Waals surface area contributed by atoms with Crippen molar-refractivity contribution in [2.24, 2.45) is 0 Å². The number of hydrogen-bond donors (Lipinski definition) is 2. The highest BCUT2D eigenvalue weighted by molar-refractivity contribution is 9.10. The molecule has 62 valence electrons. The van der Waals surface area contributed by atoms with Crippen molar-refractivity contribution in [3.05, 3.63) is 32.5 Å². The molecule has 0 fully saturated rings. The van der Waals surface area contributed by atoms with Gasteiger partial charge in [-0.1, -0.05) is 15.9 Å². The van der Waals surface area contributed by atoms with Crippen LogP contribution in [0.1, 0.15) is 5.56 Å². The van der Waals surface area contributed by atoms with Crippen LogP contribution >= 0.6 is 15.9 Å². The van der Waals surface area contributed by atoms with E-state index in [4.69, 9.17) is 0 Å². The van der Waals surface area contributed by atoms with Gasteiger partial charge in [0.2, 0.25) is 0 Å². The fourth-order valence-electron chi connectivity index (χ4n) is 1.27. The number of halogens is 1. The monoisotopic (exact) mass is 226 g/mol. The van der Waals surface area contributed by atoms with E-state index in [1.54, 1.807) is 6.07 Å². The summed E-state index contributed by atoms with van der Waals surface area (Å²) < 4.78 is 0.928. The second kappa shape index (κ2) is 2.48. The van der Waals surface area contributed by atoms with Gasteiger partial charge in [0, 0.05) is 4.47 Å². The van der Waals surface area contributed by atoms with Gasteiger partial charge in [0.05, 0.1) is 10.9 Å². The summed E-state index contributed by atoms with van der Waals surface area (Å²) in [5, 5.41) is 6.06. The Hall–Kier alpha value is -1.03. The molecule has 2 N–H and O–H groups in total. The van der Waals surface area contributed by atoms with Gasteiger partial charge < -0.3 is 0 Å². The smallest absolute Gasteiger partial charge is 0.271 e. The molecule has 0 bridgehead atoms. The van der Waals surface area contributed by atoms with Crippen LogP contribution in [0.4, 0.5) is 0 Å². The van der Waals surface area contributed by atoms with Crippen LogP contribution in [0, 0.1) is 6.92 Å². The van der Waals surface area contributed by atoms with E-state index in [1.807, 2.05) is 13.0 Å². The maximum absolute atomic E-state index is 11.2. The quantitative estimate of drug-likeness (QED) is 0.709. The van der Waals surface area contributed by atoms with E-state index in [2.05, 4.69) is 26.1 Å². The summed E-state index contributed by atoms with van der Waals surface area (Å²) in [5.41, 5.74) is 1.86. The molecule has 3 nitrogen and oxygen atoms in total. The third-order valence-electron chi connectivity index (χ3n) is 1.85. The Kier molecular flexibility index (Phi) is 1.58. The molecule has 0 spiro atoms. The molecule has 0 saturated heterocycles. The minimum Gasteiger partial charge on any atom is -0.297 e. The normalized spacial score (nSPS) is 10.8. The van der Waals surface area contributed by atoms with Crippen LogP contribution in [0.15, 0.2) is 21.4 Å². The zero-order valence-corrected chi connectivity index (χ0v) is 8.03. The minimum atomic E-state index is -0.0746. The van der Waals surface area contributed by atoms with Crippen LogP contribution in [-0.2, 0) is 0 Å². The van der Waals surface area contributed by atoms with Gasteiger partial charge in [-0.05, 0) is 24.6 Å². The van der Waals surface area contributed by atoms with Crippen molar-refractivity contribution in [1.29, 1.82) is 0 Å². The fraction of sp³-hybridized carbons (Fsp3) is 0.125. The van der Waals surface area contributed by atoms with Crippen LogP contribution in [0.25, 0.3) is 10.9 Å². The van der Waals surface area contributed by atoms with Gasteiger partial charge in [0.25, 0.3) is 5.56 Å². The second-order valence-electron chi connectivity index (χ2n) is 2.72. The first-order valence-electron chi connectivity index (χ1n) is 3.55. The molecule has 1 aromatic carbocycles. The van der Waals surface area contributed by atoms with Gasteiger partial charge in [-0.25, -0.2) is 0 Å². The lowest BCUT2D eigenvalue weighted by Gasteiger charge is -1.94. The molecule has 0 amide bonds. The Morgan fingerprint density at radius 2 is 2.08 bits per heavy atom. The van der Waals surface area contributed by atoms with Gasteiger partial charge in [-0.15, -0.1) is 0 Å². The number of aromatic nitrogens is 2. The standard InChI is InChI=1S/C8H7BrN2O/c1-4-2-5(9)3-6-7(4)10-11-8(6)12/h2-3H,1H3,(H2,10,11,12). The van der Waals surface area contributed by atoms with Gasteiger partial charge in [-0.3, -0.25) is 15.0 Å². The lowest BCUT2D eigenvalue weighted by atomic mass is 10.2. The number of hydrogen-bond acceptors (Lipinski definition) is 1. The van der Waals surface area contributed by atoms with Crippen molar-refractivity contribution in [1.82, 2.24) is 10.2 Å². The predicted octanol–water partition coefficient (Wildman–Crippen LogP) is 1.93. The first kappa shape index (κ1) is 7.61. The molecule has 12 heavy (non-hydrogen) atoms. The summed E-state index contributed by atoms with van der Waals surface area (Å²) >= 11 is 3.34. The van der Waals surface area contributed by atoms with Crippen molar-refractivity contribution in [2.75, 3.05) is 0 Å². The van der Waals surface area contributed by atoms with Crippen molar-refractivity contribution in [3.63, 3.8) is 0 Å². The number of H-pyrrole nitrogens is 2. The zero-order valence-electron chi connectivity index (χ0n) is 6.44. The van der Waals surface area contributed by atoms with Crippen LogP contribution < -0.4 is 5.56 Å². The number of benzene rings is 1. The van der Waals surface area contributed by atoms with Crippen molar-refractivity contribution < 1.29 is 0 Å². The zero-order chi connectivity index (χ0) is 8.72. The molecule has 0 aliphatic carbocycles. The van der Waals surface area contributed by atoms with Crippen LogP contribution in [0.3, 0.4) is 0 Å². The molecule has 1 aromatic heterocycles. The van der Waals surface area contributed by atoms with Crippen LogP contribution in [0.2, 0.25) is 0 Å². The largest absolute Gasteiger partial charge is 0.297 e. The molecule has 0 saturated carbocycles. The van der Waals surface area contributed by atoms with Crippen molar-refractivity contribution >= 4 is 26.8 Å². The van der Waals surface area contributed by atoms with Crippen molar-refractivity contribution in [3.8, 4) is 0 Å². The Morgan fingerprint density at radius 1 is 1.33 bits per heavy atom. The van der Waals surface area contributed by atoms with E-state index < -0.39 is 0 Å². The molecule has 0 aliphatic heterocycles. The highest BCUT2D eigenvalue weighted by Gasteiger charge is 2.03. The predicted molar refractivity (Wildman–Crippen MR) is 51.4 cm³/mol. The molecule has 2 aromatic rings. The van der Waals surface area contributed by atoms with Crippen molar-refractivity contribution in [2.45, 2.75) is 6.92 Å². The number of aromatic amines is 2. The molecule has 2 rings (SSSR count). The first-order chi connectivity index (χ1) is 5.68. The van der Waals surface area contributed by atoms with E-state index >= 15 is 0 Å². The second-order valence-corrected chi connectivity index (χ2v) is 3.64. The van der Waals surface area contributed by atoms with E-state index in [1.165, 1.54) is 0 Å². The number of aryl methyl sites for hydroxylation is 1. The molecular formula is C8H7BrN2O. The summed E-state index contributed by atoms with van der Waals surface area (Å²) in [6, 6.07) is 3.77. The van der Waals surface area contributed by atoms with Crippen LogP contribution in [0.5, 0.6) is 0 Å². The van der Waals surface area contributed by atoms with Gasteiger partial charge in [-0.2, -0.15) is 0 Å². The van der Waals surface area contributed by atoms with E-state index in [9.17, 15) is 4.79 Å². The molecule has 0 aliphatic rings. The average molecular weight is 227 g/mol. The summed E-state index contributed by atoms with van der Waals surface area (Å²) in [6.07, 6.45) is 0. The van der Waals surface area contributed by atoms with Gasteiger partial charge in [0.1, 0.15) is 0 Å². The van der Waals surface area contributed by atoms with E-state index in [0.717, 1.165) is 15.6 Å². The fourth-order valence-corrected chi connectivity index (χ4v) is 1.85. The third kappa shape index (κ3) is 0.992. The highest BCUT2D eigenvalue weighted by atomic mass is 79.9. The van der Waals surface area contributed by atoms with E-state index in [0.29, 0.717) is 5.39 Å². The maximum atomic E-state index is 11.2. The Morgan fingerprint density at radius 3 is 2.83 bits per heavy atom. The SMILES string of the molecule is Cc1cc(Br)cc2c(=O)[nH][nH]c12. The average Bonchev–Trinajstić information content (AvgIpc) is 2.33. The van der Waals surface area contributed by atoms with Gasteiger partial charge >= 0.3 is 0 Å². The Balaban J connectivity index is 3.02. The highest BCUT2D eigenvalue weighted by Crippen LogP contribution is 2.19. The molecule has 0 radical (unpaired) electrons. The van der Waals surface area contributed by atoms with Crippen LogP contribution in [-0.4, -0.2) is 10.2 Å². The molecule has 0 unspecified atom stereocenters. The Bertz CT molecular complexity index is 483.